The van der Waals surface area contributed by atoms with Crippen molar-refractivity contribution >= 4 is 113 Å². The molecule has 2 aromatic carbocycles. The van der Waals surface area contributed by atoms with E-state index in [9.17, 15) is 0 Å². The molecule has 1 unspecified atom stereocenters. The lowest BCUT2D eigenvalue weighted by molar-refractivity contribution is 0.303. The van der Waals surface area contributed by atoms with Crippen molar-refractivity contribution in [2.45, 2.75) is 31.1 Å². The van der Waals surface area contributed by atoms with Crippen LogP contribution in [0.5, 0.6) is 0 Å². The van der Waals surface area contributed by atoms with Crippen LogP contribution in [0.15, 0.2) is 86.1 Å². The Balaban J connectivity index is 1.20. The van der Waals surface area contributed by atoms with Crippen molar-refractivity contribution in [1.82, 2.24) is 0 Å². The summed E-state index contributed by atoms with van der Waals surface area (Å²) in [5.74, 6) is 3.60. The second kappa shape index (κ2) is 11.9. The second-order valence-electron chi connectivity index (χ2n) is 9.86. The highest BCUT2D eigenvalue weighted by Gasteiger charge is 2.50. The maximum absolute atomic E-state index is 7.28. The van der Waals surface area contributed by atoms with Gasteiger partial charge in [0.25, 0.3) is 8.32 Å². The molecule has 0 N–H and O–H groups in total. The van der Waals surface area contributed by atoms with Crippen LogP contribution in [0, 0.1) is 0 Å². The summed E-state index contributed by atoms with van der Waals surface area (Å²) < 4.78 is 16.3. The number of benzene rings is 2. The molecule has 0 fully saturated rings. The minimum Gasteiger partial charge on any atom is -0.406 e. The fraction of sp³-hybridized carbons (Fsp3) is 0.333. The average Bonchev–Trinajstić information content (AvgIpc) is 3.53. The molecule has 0 radical (unpaired) electrons. The minimum atomic E-state index is -2.50. The van der Waals surface area contributed by atoms with Gasteiger partial charge in [0.1, 0.15) is 0 Å². The summed E-state index contributed by atoms with van der Waals surface area (Å²) in [5, 5.41) is 3.20. The molecule has 2 aromatic rings. The normalized spacial score (nSPS) is 22.5. The highest BCUT2D eigenvalue weighted by molar-refractivity contribution is 8.45. The van der Waals surface area contributed by atoms with E-state index < -0.39 is 8.32 Å². The first-order chi connectivity index (χ1) is 17.9. The first-order valence-electron chi connectivity index (χ1n) is 12.2. The molecule has 0 spiro atoms. The molecule has 194 valence electrons. The van der Waals surface area contributed by atoms with Gasteiger partial charge in [-0.15, -0.1) is 47.0 Å². The van der Waals surface area contributed by atoms with Gasteiger partial charge in [-0.05, 0) is 15.4 Å². The summed E-state index contributed by atoms with van der Waals surface area (Å²) in [5.41, 5.74) is 0. The van der Waals surface area contributed by atoms with Gasteiger partial charge < -0.3 is 4.43 Å². The standard InChI is InChI=1S/C27H28OS8Si/c1-27(2,3)37(19-10-6-4-7-11-19,20-12-8-5-9-13-20)28-16-18-17-31-23-24(32-18)36-26(35-23)25-33-21-22(34-25)30-15-14-29-21/h4-13,18H,14-17H2,1-3H3. The van der Waals surface area contributed by atoms with Crippen LogP contribution in [-0.2, 0) is 4.43 Å². The fourth-order valence-corrected chi connectivity index (χ4v) is 22.0. The molecule has 0 saturated carbocycles. The molecule has 1 atom stereocenters. The van der Waals surface area contributed by atoms with Crippen LogP contribution in [0.2, 0.25) is 5.04 Å². The lowest BCUT2D eigenvalue weighted by Gasteiger charge is -2.43. The number of rotatable bonds is 5. The van der Waals surface area contributed by atoms with Crippen molar-refractivity contribution in [1.29, 1.82) is 0 Å². The molecule has 0 aromatic heterocycles. The average molecular weight is 653 g/mol. The Morgan fingerprint density at radius 1 is 0.676 bits per heavy atom. The molecule has 6 rings (SSSR count). The zero-order valence-corrected chi connectivity index (χ0v) is 28.4. The Labute approximate surface area is 255 Å². The minimum absolute atomic E-state index is 0.0151. The number of hydrogen-bond donors (Lipinski definition) is 0. The van der Waals surface area contributed by atoms with Crippen molar-refractivity contribution in [2.75, 3.05) is 23.9 Å². The van der Waals surface area contributed by atoms with Crippen LogP contribution >= 0.6 is 94.1 Å². The third-order valence-corrected chi connectivity index (χ3v) is 23.7. The van der Waals surface area contributed by atoms with Gasteiger partial charge in [-0.1, -0.05) is 128 Å². The predicted octanol–water partition coefficient (Wildman–Crippen LogP) is 9.23. The highest BCUT2D eigenvalue weighted by atomic mass is 32.3. The van der Waals surface area contributed by atoms with Crippen LogP contribution in [-0.4, -0.2) is 37.4 Å². The van der Waals surface area contributed by atoms with E-state index in [2.05, 4.69) is 93.2 Å². The summed E-state index contributed by atoms with van der Waals surface area (Å²) in [6.45, 7) is 7.88. The molecule has 0 saturated heterocycles. The van der Waals surface area contributed by atoms with E-state index in [0.29, 0.717) is 5.25 Å². The quantitative estimate of drug-likeness (QED) is 0.290. The van der Waals surface area contributed by atoms with Crippen molar-refractivity contribution < 1.29 is 4.43 Å². The van der Waals surface area contributed by atoms with Crippen molar-refractivity contribution in [3.63, 3.8) is 0 Å². The Morgan fingerprint density at radius 3 is 1.68 bits per heavy atom. The predicted molar refractivity (Wildman–Crippen MR) is 184 cm³/mol. The second-order valence-corrected chi connectivity index (χ2v) is 24.3. The smallest absolute Gasteiger partial charge is 0.261 e. The molecule has 0 bridgehead atoms. The maximum Gasteiger partial charge on any atom is 0.261 e. The zero-order chi connectivity index (χ0) is 25.5. The van der Waals surface area contributed by atoms with E-state index in [-0.39, 0.29) is 5.04 Å². The van der Waals surface area contributed by atoms with Crippen molar-refractivity contribution in [2.24, 2.45) is 0 Å². The van der Waals surface area contributed by atoms with Gasteiger partial charge in [-0.2, -0.15) is 0 Å². The first kappa shape index (κ1) is 27.8. The molecule has 37 heavy (non-hydrogen) atoms. The van der Waals surface area contributed by atoms with Crippen LogP contribution in [0.4, 0.5) is 0 Å². The van der Waals surface area contributed by atoms with Crippen molar-refractivity contribution in [3.8, 4) is 0 Å². The Kier molecular flexibility index (Phi) is 8.91. The molecule has 0 amide bonds. The molecule has 4 heterocycles. The number of hydrogen-bond acceptors (Lipinski definition) is 9. The van der Waals surface area contributed by atoms with E-state index in [0.717, 1.165) is 12.4 Å². The van der Waals surface area contributed by atoms with Crippen LogP contribution in [0.25, 0.3) is 0 Å². The SMILES string of the molecule is CC(C)(C)[Si](OCC1CSC2=C(SC(=C3SC4=C(SCCS4)S3)S2)S1)(c1ccccc1)c1ccccc1. The summed E-state index contributed by atoms with van der Waals surface area (Å²) in [7, 11) is -2.50. The molecule has 10 heteroatoms. The molecule has 0 aliphatic carbocycles. The highest BCUT2D eigenvalue weighted by Crippen LogP contribution is 2.68. The van der Waals surface area contributed by atoms with Crippen LogP contribution in [0.1, 0.15) is 20.8 Å². The zero-order valence-electron chi connectivity index (χ0n) is 20.9. The van der Waals surface area contributed by atoms with E-state index in [1.54, 1.807) is 0 Å². The van der Waals surface area contributed by atoms with Gasteiger partial charge in [-0.25, -0.2) is 0 Å². The Hall–Kier alpha value is 0.637. The largest absolute Gasteiger partial charge is 0.406 e. The van der Waals surface area contributed by atoms with E-state index in [1.807, 2.05) is 82.3 Å². The number of thioether (sulfide) groups is 8. The van der Waals surface area contributed by atoms with Gasteiger partial charge in [0.2, 0.25) is 0 Å². The van der Waals surface area contributed by atoms with Gasteiger partial charge in [0.15, 0.2) is 0 Å². The Bertz CT molecular complexity index is 1190. The van der Waals surface area contributed by atoms with Crippen LogP contribution in [0.3, 0.4) is 0 Å². The lowest BCUT2D eigenvalue weighted by Crippen LogP contribution is -2.67. The summed E-state index contributed by atoms with van der Waals surface area (Å²) >= 11 is 16.2. The summed E-state index contributed by atoms with van der Waals surface area (Å²) in [6, 6.07) is 22.1. The van der Waals surface area contributed by atoms with E-state index in [1.165, 1.54) is 47.3 Å². The third-order valence-electron chi connectivity index (χ3n) is 6.37. The molecule has 4 aliphatic rings. The lowest BCUT2D eigenvalue weighted by atomic mass is 10.2. The molecular weight excluding hydrogens is 625 g/mol. The van der Waals surface area contributed by atoms with Gasteiger partial charge in [0, 0.05) is 29.1 Å². The van der Waals surface area contributed by atoms with E-state index >= 15 is 0 Å². The summed E-state index contributed by atoms with van der Waals surface area (Å²) in [4.78, 5) is 0. The van der Waals surface area contributed by atoms with Gasteiger partial charge in [-0.3, -0.25) is 0 Å². The molecule has 1 nitrogen and oxygen atoms in total. The monoisotopic (exact) mass is 652 g/mol. The third kappa shape index (κ3) is 5.72. The van der Waals surface area contributed by atoms with Gasteiger partial charge in [0.05, 0.1) is 25.4 Å². The van der Waals surface area contributed by atoms with Crippen molar-refractivity contribution in [3.05, 3.63) is 86.1 Å². The van der Waals surface area contributed by atoms with Crippen LogP contribution < -0.4 is 10.4 Å². The fourth-order valence-electron chi connectivity index (χ4n) is 4.73. The molecular formula is C27H28OS8Si. The topological polar surface area (TPSA) is 9.23 Å². The van der Waals surface area contributed by atoms with Gasteiger partial charge >= 0.3 is 0 Å². The maximum atomic E-state index is 7.28. The summed E-state index contributed by atoms with van der Waals surface area (Å²) in [6.07, 6.45) is 0. The molecule has 4 aliphatic heterocycles. The van der Waals surface area contributed by atoms with E-state index in [4.69, 9.17) is 4.43 Å². The Morgan fingerprint density at radius 2 is 1.16 bits per heavy atom. The first-order valence-corrected chi connectivity index (χ1v) is 21.2.